The molecule has 0 spiro atoms. The van der Waals surface area contributed by atoms with Gasteiger partial charge in [0.2, 0.25) is 0 Å². The van der Waals surface area contributed by atoms with Crippen LogP contribution >= 0.6 is 0 Å². The average Bonchev–Trinajstić information content (AvgIpc) is 3.32. The predicted octanol–water partition coefficient (Wildman–Crippen LogP) is 1.66. The van der Waals surface area contributed by atoms with E-state index in [-0.39, 0.29) is 12.1 Å². The molecule has 6 heteroatoms. The molecule has 1 saturated heterocycles. The molecular weight excluding hydrogens is 280 g/mol. The van der Waals surface area contributed by atoms with Crippen LogP contribution in [0.25, 0.3) is 0 Å². The first-order valence-corrected chi connectivity index (χ1v) is 7.98. The van der Waals surface area contributed by atoms with Gasteiger partial charge in [0.1, 0.15) is 5.82 Å². The minimum absolute atomic E-state index is 0.0898. The Morgan fingerprint density at radius 3 is 3.05 bits per heavy atom. The third-order valence-corrected chi connectivity index (χ3v) is 4.11. The Hall–Kier alpha value is -1.66. The number of nitrogens with zero attached hydrogens (tertiary/aromatic N) is 3. The lowest BCUT2D eigenvalue weighted by Crippen LogP contribution is -2.50. The third kappa shape index (κ3) is 4.42. The first-order valence-electron chi connectivity index (χ1n) is 7.98. The van der Waals surface area contributed by atoms with Crippen LogP contribution in [0.3, 0.4) is 0 Å². The number of likely N-dealkylation sites (N-methyl/N-ethyl adjacent to an activating group) is 1. The van der Waals surface area contributed by atoms with Crippen molar-refractivity contribution in [3.63, 3.8) is 0 Å². The van der Waals surface area contributed by atoms with Crippen LogP contribution in [0, 0.1) is 5.92 Å². The number of pyridine rings is 1. The normalized spacial score (nSPS) is 21.9. The van der Waals surface area contributed by atoms with Gasteiger partial charge in [0.05, 0.1) is 12.7 Å². The lowest BCUT2D eigenvalue weighted by atomic mass is 10.2. The number of nitrogens with one attached hydrogen (secondary N) is 1. The number of aromatic nitrogens is 1. The Kier molecular flexibility index (Phi) is 4.90. The number of urea groups is 1. The second-order valence-corrected chi connectivity index (χ2v) is 6.25. The van der Waals surface area contributed by atoms with Crippen LogP contribution in [-0.4, -0.2) is 66.8 Å². The van der Waals surface area contributed by atoms with E-state index in [1.54, 1.807) is 12.3 Å². The Morgan fingerprint density at radius 1 is 1.45 bits per heavy atom. The van der Waals surface area contributed by atoms with Crippen molar-refractivity contribution < 1.29 is 9.53 Å². The van der Waals surface area contributed by atoms with Crippen molar-refractivity contribution in [2.45, 2.75) is 18.9 Å². The zero-order chi connectivity index (χ0) is 15.4. The first kappa shape index (κ1) is 15.2. The molecule has 1 atom stereocenters. The molecular formula is C16H24N4O2. The number of carbonyl (C=O) groups is 1. The monoisotopic (exact) mass is 304 g/mol. The van der Waals surface area contributed by atoms with Crippen molar-refractivity contribution in [1.29, 1.82) is 0 Å². The summed E-state index contributed by atoms with van der Waals surface area (Å²) in [5.74, 6) is 1.46. The highest BCUT2D eigenvalue weighted by atomic mass is 16.5. The fourth-order valence-corrected chi connectivity index (χ4v) is 2.80. The molecule has 2 aliphatic rings. The highest BCUT2D eigenvalue weighted by molar-refractivity contribution is 5.88. The molecule has 1 aromatic rings. The van der Waals surface area contributed by atoms with Crippen molar-refractivity contribution in [1.82, 2.24) is 14.8 Å². The molecule has 2 fully saturated rings. The van der Waals surface area contributed by atoms with Crippen molar-refractivity contribution in [3.8, 4) is 0 Å². The van der Waals surface area contributed by atoms with Crippen LogP contribution in [0.4, 0.5) is 10.6 Å². The predicted molar refractivity (Wildman–Crippen MR) is 84.8 cm³/mol. The SMILES string of the molecule is CN(CC1CC1)CC1CN(C(=O)Nc2ccccn2)CCO1. The molecule has 22 heavy (non-hydrogen) atoms. The van der Waals surface area contributed by atoms with Crippen LogP contribution < -0.4 is 5.32 Å². The van der Waals surface area contributed by atoms with Crippen LogP contribution in [-0.2, 0) is 4.74 Å². The van der Waals surface area contributed by atoms with E-state index in [2.05, 4.69) is 22.2 Å². The number of amides is 2. The number of hydrogen-bond acceptors (Lipinski definition) is 4. The van der Waals surface area contributed by atoms with E-state index >= 15 is 0 Å². The maximum atomic E-state index is 12.3. The topological polar surface area (TPSA) is 57.7 Å². The molecule has 0 aromatic carbocycles. The summed E-state index contributed by atoms with van der Waals surface area (Å²) in [4.78, 5) is 20.5. The first-order chi connectivity index (χ1) is 10.7. The quantitative estimate of drug-likeness (QED) is 0.899. The molecule has 2 heterocycles. The van der Waals surface area contributed by atoms with E-state index < -0.39 is 0 Å². The zero-order valence-corrected chi connectivity index (χ0v) is 13.1. The van der Waals surface area contributed by atoms with Crippen LogP contribution in [0.1, 0.15) is 12.8 Å². The van der Waals surface area contributed by atoms with Gasteiger partial charge in [-0.3, -0.25) is 5.32 Å². The summed E-state index contributed by atoms with van der Waals surface area (Å²) < 4.78 is 5.80. The van der Waals surface area contributed by atoms with Gasteiger partial charge in [-0.2, -0.15) is 0 Å². The smallest absolute Gasteiger partial charge is 0.323 e. The molecule has 1 saturated carbocycles. The highest BCUT2D eigenvalue weighted by Crippen LogP contribution is 2.29. The number of hydrogen-bond donors (Lipinski definition) is 1. The van der Waals surface area contributed by atoms with Gasteiger partial charge >= 0.3 is 6.03 Å². The molecule has 120 valence electrons. The Balaban J connectivity index is 1.47. The van der Waals surface area contributed by atoms with Crippen molar-refractivity contribution >= 4 is 11.8 Å². The Morgan fingerprint density at radius 2 is 2.32 bits per heavy atom. The largest absolute Gasteiger partial charge is 0.373 e. The zero-order valence-electron chi connectivity index (χ0n) is 13.1. The number of carbonyl (C=O) groups excluding carboxylic acids is 1. The van der Waals surface area contributed by atoms with Gasteiger partial charge in [-0.15, -0.1) is 0 Å². The van der Waals surface area contributed by atoms with Gasteiger partial charge in [-0.05, 0) is 37.9 Å². The summed E-state index contributed by atoms with van der Waals surface area (Å²) in [6.07, 6.45) is 4.47. The second-order valence-electron chi connectivity index (χ2n) is 6.25. The molecule has 0 radical (unpaired) electrons. The average molecular weight is 304 g/mol. The van der Waals surface area contributed by atoms with E-state index in [9.17, 15) is 4.79 Å². The van der Waals surface area contributed by atoms with E-state index in [4.69, 9.17) is 4.74 Å². The van der Waals surface area contributed by atoms with Gasteiger partial charge in [0.25, 0.3) is 0 Å². The minimum atomic E-state index is -0.100. The molecule has 0 bridgehead atoms. The van der Waals surface area contributed by atoms with E-state index in [1.807, 2.05) is 17.0 Å². The van der Waals surface area contributed by atoms with Gasteiger partial charge in [-0.1, -0.05) is 6.07 Å². The fraction of sp³-hybridized carbons (Fsp3) is 0.625. The maximum Gasteiger partial charge on any atom is 0.323 e. The molecule has 6 nitrogen and oxygen atoms in total. The molecule has 3 rings (SSSR count). The number of ether oxygens (including phenoxy) is 1. The lowest BCUT2D eigenvalue weighted by Gasteiger charge is -2.34. The van der Waals surface area contributed by atoms with E-state index in [1.165, 1.54) is 12.8 Å². The molecule has 1 aliphatic carbocycles. The Bertz CT molecular complexity index is 492. The number of anilines is 1. The Labute approximate surface area is 131 Å². The van der Waals surface area contributed by atoms with Crippen molar-refractivity contribution in [2.75, 3.05) is 45.2 Å². The summed E-state index contributed by atoms with van der Waals surface area (Å²) in [7, 11) is 2.13. The summed E-state index contributed by atoms with van der Waals surface area (Å²) in [6, 6.07) is 5.38. The van der Waals surface area contributed by atoms with Crippen molar-refractivity contribution in [2.24, 2.45) is 5.92 Å². The van der Waals surface area contributed by atoms with Gasteiger partial charge in [0, 0.05) is 32.4 Å². The molecule has 1 N–H and O–H groups in total. The van der Waals surface area contributed by atoms with E-state index in [0.29, 0.717) is 25.5 Å². The summed E-state index contributed by atoms with van der Waals surface area (Å²) in [5.41, 5.74) is 0. The number of morpholine rings is 1. The standard InChI is InChI=1S/C16H24N4O2/c1-19(10-13-5-6-13)11-14-12-20(8-9-22-14)16(21)18-15-4-2-3-7-17-15/h2-4,7,13-14H,5-6,8-12H2,1H3,(H,17,18,21). The summed E-state index contributed by atoms with van der Waals surface area (Å²) in [5, 5.41) is 2.83. The number of rotatable bonds is 5. The fourth-order valence-electron chi connectivity index (χ4n) is 2.80. The van der Waals surface area contributed by atoms with Gasteiger partial charge in [0.15, 0.2) is 0 Å². The summed E-state index contributed by atoms with van der Waals surface area (Å²) >= 11 is 0. The highest BCUT2D eigenvalue weighted by Gasteiger charge is 2.28. The minimum Gasteiger partial charge on any atom is -0.373 e. The molecule has 2 amide bonds. The van der Waals surface area contributed by atoms with Crippen LogP contribution in [0.2, 0.25) is 0 Å². The maximum absolute atomic E-state index is 12.3. The van der Waals surface area contributed by atoms with Crippen molar-refractivity contribution in [3.05, 3.63) is 24.4 Å². The van der Waals surface area contributed by atoms with E-state index in [0.717, 1.165) is 19.0 Å². The third-order valence-electron chi connectivity index (χ3n) is 4.11. The second kappa shape index (κ2) is 7.07. The molecule has 1 aromatic heterocycles. The molecule has 1 unspecified atom stereocenters. The molecule has 1 aliphatic heterocycles. The van der Waals surface area contributed by atoms with Gasteiger partial charge < -0.3 is 14.5 Å². The lowest BCUT2D eigenvalue weighted by molar-refractivity contribution is -0.0261. The van der Waals surface area contributed by atoms with Crippen LogP contribution in [0.5, 0.6) is 0 Å². The summed E-state index contributed by atoms with van der Waals surface area (Å²) in [6.45, 7) is 3.87. The van der Waals surface area contributed by atoms with Crippen LogP contribution in [0.15, 0.2) is 24.4 Å². The van der Waals surface area contributed by atoms with Gasteiger partial charge in [-0.25, -0.2) is 9.78 Å².